The number of aromatic nitrogens is 3. The van der Waals surface area contributed by atoms with Gasteiger partial charge in [0.25, 0.3) is 0 Å². The molecule has 3 rings (SSSR count). The van der Waals surface area contributed by atoms with Gasteiger partial charge in [0, 0.05) is 31.6 Å². The van der Waals surface area contributed by atoms with Crippen molar-refractivity contribution in [3.8, 4) is 11.5 Å². The summed E-state index contributed by atoms with van der Waals surface area (Å²) in [5.74, 6) is 1.38. The van der Waals surface area contributed by atoms with E-state index in [0.29, 0.717) is 47.8 Å². The monoisotopic (exact) mass is 391 g/mol. The van der Waals surface area contributed by atoms with Crippen molar-refractivity contribution in [1.29, 1.82) is 0 Å². The summed E-state index contributed by atoms with van der Waals surface area (Å²) >= 11 is 1.29. The van der Waals surface area contributed by atoms with E-state index in [1.807, 2.05) is 0 Å². The van der Waals surface area contributed by atoms with Gasteiger partial charge in [0.15, 0.2) is 16.7 Å². The average molecular weight is 391 g/mol. The zero-order valence-electron chi connectivity index (χ0n) is 15.1. The maximum absolute atomic E-state index is 12.5. The van der Waals surface area contributed by atoms with Gasteiger partial charge in [0.05, 0.1) is 5.25 Å². The Morgan fingerprint density at radius 2 is 2.04 bits per heavy atom. The summed E-state index contributed by atoms with van der Waals surface area (Å²) < 4.78 is 12.8. The van der Waals surface area contributed by atoms with Crippen molar-refractivity contribution in [2.75, 3.05) is 18.5 Å². The summed E-state index contributed by atoms with van der Waals surface area (Å²) in [6, 6.07) is 5.29. The number of ether oxygens (including phenoxy) is 2. The predicted octanol–water partition coefficient (Wildman–Crippen LogP) is 1.12. The van der Waals surface area contributed by atoms with Crippen LogP contribution in [0.4, 0.5) is 5.69 Å². The minimum absolute atomic E-state index is 0.168. The lowest BCUT2D eigenvalue weighted by molar-refractivity contribution is -0.118. The lowest BCUT2D eigenvalue weighted by Gasteiger charge is -2.19. The topological polar surface area (TPSA) is 121 Å². The van der Waals surface area contributed by atoms with Crippen molar-refractivity contribution in [2.24, 2.45) is 12.8 Å². The Morgan fingerprint density at radius 1 is 1.30 bits per heavy atom. The first kappa shape index (κ1) is 19.0. The number of fused-ring (bicyclic) bond motifs is 1. The normalized spacial score (nSPS) is 13.9. The molecule has 0 spiro atoms. The molecule has 0 fully saturated rings. The number of hydrogen-bond donors (Lipinski definition) is 2. The van der Waals surface area contributed by atoms with E-state index in [1.165, 1.54) is 11.8 Å². The molecule has 3 N–H and O–H groups in total. The van der Waals surface area contributed by atoms with Crippen molar-refractivity contribution < 1.29 is 19.1 Å². The van der Waals surface area contributed by atoms with Gasteiger partial charge < -0.3 is 25.1 Å². The summed E-state index contributed by atoms with van der Waals surface area (Å²) in [7, 11) is 1.80. The number of nitrogens with two attached hydrogens (primary N) is 1. The van der Waals surface area contributed by atoms with Gasteiger partial charge in [-0.2, -0.15) is 0 Å². The van der Waals surface area contributed by atoms with E-state index < -0.39 is 5.25 Å². The number of nitrogens with one attached hydrogen (secondary N) is 1. The van der Waals surface area contributed by atoms with Gasteiger partial charge in [-0.3, -0.25) is 9.59 Å². The molecule has 2 amide bonds. The fraction of sp³-hybridized carbons (Fsp3) is 0.412. The molecular weight excluding hydrogens is 370 g/mol. The molecule has 9 nitrogen and oxygen atoms in total. The van der Waals surface area contributed by atoms with E-state index in [9.17, 15) is 9.59 Å². The number of carbonyl (C=O) groups excluding carboxylic acids is 2. The third-order valence-electron chi connectivity index (χ3n) is 3.98. The number of anilines is 1. The molecule has 1 aliphatic rings. The van der Waals surface area contributed by atoms with Crippen LogP contribution in [0.5, 0.6) is 11.5 Å². The molecule has 1 aromatic heterocycles. The zero-order chi connectivity index (χ0) is 19.4. The van der Waals surface area contributed by atoms with Gasteiger partial charge in [-0.25, -0.2) is 0 Å². The number of thioether (sulfide) groups is 1. The third-order valence-corrected chi connectivity index (χ3v) is 5.12. The number of nitrogens with zero attached hydrogens (tertiary/aromatic N) is 3. The van der Waals surface area contributed by atoms with Crippen molar-refractivity contribution in [3.63, 3.8) is 0 Å². The molecule has 1 aliphatic heterocycles. The molecule has 2 heterocycles. The summed E-state index contributed by atoms with van der Waals surface area (Å²) in [5, 5.41) is 11.2. The van der Waals surface area contributed by atoms with Crippen LogP contribution in [-0.4, -0.2) is 45.0 Å². The van der Waals surface area contributed by atoms with Crippen LogP contribution in [-0.2, 0) is 23.1 Å². The fourth-order valence-corrected chi connectivity index (χ4v) is 3.31. The molecule has 0 aliphatic carbocycles. The maximum atomic E-state index is 12.5. The molecule has 27 heavy (non-hydrogen) atoms. The van der Waals surface area contributed by atoms with E-state index in [0.717, 1.165) is 0 Å². The van der Waals surface area contributed by atoms with Gasteiger partial charge in [-0.15, -0.1) is 10.2 Å². The van der Waals surface area contributed by atoms with Gasteiger partial charge in [0.1, 0.15) is 19.0 Å². The maximum Gasteiger partial charge on any atom is 0.237 e. The number of amides is 2. The second-order valence-corrected chi connectivity index (χ2v) is 7.34. The predicted molar refractivity (Wildman–Crippen MR) is 99.9 cm³/mol. The first-order valence-corrected chi connectivity index (χ1v) is 9.35. The van der Waals surface area contributed by atoms with Crippen LogP contribution in [0.15, 0.2) is 23.4 Å². The number of hydrogen-bond acceptors (Lipinski definition) is 7. The molecule has 0 radical (unpaired) electrons. The minimum Gasteiger partial charge on any atom is -0.486 e. The number of primary amides is 1. The molecule has 144 valence electrons. The minimum atomic E-state index is -0.398. The second-order valence-electron chi connectivity index (χ2n) is 6.03. The molecule has 0 unspecified atom stereocenters. The van der Waals surface area contributed by atoms with E-state index in [1.54, 1.807) is 36.7 Å². The van der Waals surface area contributed by atoms with Crippen molar-refractivity contribution >= 4 is 29.3 Å². The summed E-state index contributed by atoms with van der Waals surface area (Å²) in [5.41, 5.74) is 5.80. The standard InChI is InChI=1S/C17H21N5O4S/c1-10(27-17-21-20-15(22(17)2)6-5-14(18)23)16(24)19-11-3-4-12-13(9-11)26-8-7-25-12/h3-4,9-10H,5-8H2,1-2H3,(H2,18,23)(H,19,24)/t10-/m1/s1. The van der Waals surface area contributed by atoms with Crippen LogP contribution in [0.25, 0.3) is 0 Å². The first-order chi connectivity index (χ1) is 12.9. The highest BCUT2D eigenvalue weighted by molar-refractivity contribution is 8.00. The summed E-state index contributed by atoms with van der Waals surface area (Å²) in [6.45, 7) is 2.79. The number of rotatable bonds is 7. The lowest BCUT2D eigenvalue weighted by atomic mass is 10.2. The first-order valence-electron chi connectivity index (χ1n) is 8.48. The van der Waals surface area contributed by atoms with Crippen LogP contribution in [0.2, 0.25) is 0 Å². The third kappa shape index (κ3) is 4.70. The number of aryl methyl sites for hydroxylation is 1. The molecule has 2 aromatic rings. The van der Waals surface area contributed by atoms with Crippen molar-refractivity contribution in [1.82, 2.24) is 14.8 Å². The average Bonchev–Trinajstić information content (AvgIpc) is 2.99. The van der Waals surface area contributed by atoms with Gasteiger partial charge >= 0.3 is 0 Å². The molecule has 1 aromatic carbocycles. The largest absolute Gasteiger partial charge is 0.486 e. The Hall–Kier alpha value is -2.75. The quantitative estimate of drug-likeness (QED) is 0.678. The Labute approximate surface area is 160 Å². The molecule has 1 atom stereocenters. The van der Waals surface area contributed by atoms with Crippen molar-refractivity contribution in [3.05, 3.63) is 24.0 Å². The Kier molecular flexibility index (Phi) is 5.84. The zero-order valence-corrected chi connectivity index (χ0v) is 15.9. The van der Waals surface area contributed by atoms with Gasteiger partial charge in [0.2, 0.25) is 11.8 Å². The van der Waals surface area contributed by atoms with Crippen LogP contribution < -0.4 is 20.5 Å². The summed E-state index contributed by atoms with van der Waals surface area (Å²) in [6.07, 6.45) is 0.619. The van der Waals surface area contributed by atoms with Crippen LogP contribution in [0, 0.1) is 0 Å². The lowest BCUT2D eigenvalue weighted by Crippen LogP contribution is -2.23. The van der Waals surface area contributed by atoms with E-state index in [2.05, 4.69) is 15.5 Å². The Morgan fingerprint density at radius 3 is 2.78 bits per heavy atom. The second kappa shape index (κ2) is 8.30. The van der Waals surface area contributed by atoms with Crippen LogP contribution in [0.1, 0.15) is 19.2 Å². The van der Waals surface area contributed by atoms with Crippen LogP contribution >= 0.6 is 11.8 Å². The molecular formula is C17H21N5O4S. The molecule has 10 heteroatoms. The SMILES string of the molecule is C[C@@H](Sc1nnc(CCC(N)=O)n1C)C(=O)Nc1ccc2c(c1)OCCO2. The smallest absolute Gasteiger partial charge is 0.237 e. The Balaban J connectivity index is 1.60. The van der Waals surface area contributed by atoms with Gasteiger partial charge in [-0.05, 0) is 19.1 Å². The Bertz CT molecular complexity index is 854. The van der Waals surface area contributed by atoms with Crippen LogP contribution in [0.3, 0.4) is 0 Å². The number of benzene rings is 1. The highest BCUT2D eigenvalue weighted by Gasteiger charge is 2.20. The summed E-state index contributed by atoms with van der Waals surface area (Å²) in [4.78, 5) is 23.4. The van der Waals surface area contributed by atoms with Gasteiger partial charge in [-0.1, -0.05) is 11.8 Å². The fourth-order valence-electron chi connectivity index (χ4n) is 2.48. The molecule has 0 bridgehead atoms. The van der Waals surface area contributed by atoms with E-state index in [4.69, 9.17) is 15.2 Å². The van der Waals surface area contributed by atoms with E-state index >= 15 is 0 Å². The molecule has 0 saturated carbocycles. The van der Waals surface area contributed by atoms with Crippen molar-refractivity contribution in [2.45, 2.75) is 30.2 Å². The number of carbonyl (C=O) groups is 2. The molecule has 0 saturated heterocycles. The highest BCUT2D eigenvalue weighted by atomic mass is 32.2. The van der Waals surface area contributed by atoms with E-state index in [-0.39, 0.29) is 18.2 Å². The highest BCUT2D eigenvalue weighted by Crippen LogP contribution is 2.33.